The smallest absolute Gasteiger partial charge is 0.253 e. The van der Waals surface area contributed by atoms with Crippen LogP contribution in [0.4, 0.5) is 0 Å². The molecule has 2 N–H and O–H groups in total. The predicted molar refractivity (Wildman–Crippen MR) is 99.4 cm³/mol. The molecule has 4 heteroatoms. The molecule has 25 heavy (non-hydrogen) atoms. The van der Waals surface area contributed by atoms with Gasteiger partial charge in [-0.05, 0) is 48.6 Å². The Hall–Kier alpha value is -2.33. The molecule has 0 aliphatic carbocycles. The van der Waals surface area contributed by atoms with Crippen LogP contribution in [-0.4, -0.2) is 30.4 Å². The van der Waals surface area contributed by atoms with E-state index in [0.717, 1.165) is 30.8 Å². The molecule has 2 unspecified atom stereocenters. The lowest BCUT2D eigenvalue weighted by Gasteiger charge is -2.36. The van der Waals surface area contributed by atoms with E-state index in [2.05, 4.69) is 6.92 Å². The van der Waals surface area contributed by atoms with Crippen LogP contribution in [-0.2, 0) is 6.61 Å². The average Bonchev–Trinajstić information content (AvgIpc) is 2.67. The van der Waals surface area contributed by atoms with Gasteiger partial charge in [0.15, 0.2) is 0 Å². The fourth-order valence-electron chi connectivity index (χ4n) is 3.28. The highest BCUT2D eigenvalue weighted by Crippen LogP contribution is 2.24. The van der Waals surface area contributed by atoms with Crippen molar-refractivity contribution < 1.29 is 9.53 Å². The summed E-state index contributed by atoms with van der Waals surface area (Å²) in [5, 5.41) is 0. The molecule has 2 atom stereocenters. The third kappa shape index (κ3) is 4.40. The van der Waals surface area contributed by atoms with Crippen LogP contribution in [0.3, 0.4) is 0 Å². The van der Waals surface area contributed by atoms with Crippen LogP contribution < -0.4 is 10.5 Å². The third-order valence-corrected chi connectivity index (χ3v) is 5.03. The second-order valence-corrected chi connectivity index (χ2v) is 6.82. The molecule has 1 aliphatic heterocycles. The van der Waals surface area contributed by atoms with Crippen LogP contribution in [0.15, 0.2) is 54.6 Å². The Morgan fingerprint density at radius 1 is 1.20 bits per heavy atom. The lowest BCUT2D eigenvalue weighted by Crippen LogP contribution is -2.45. The minimum absolute atomic E-state index is 0.0653. The largest absolute Gasteiger partial charge is 0.489 e. The number of benzene rings is 2. The monoisotopic (exact) mass is 338 g/mol. The second kappa shape index (κ2) is 8.17. The molecule has 1 amide bonds. The van der Waals surface area contributed by atoms with Gasteiger partial charge in [0, 0.05) is 18.7 Å². The van der Waals surface area contributed by atoms with Crippen molar-refractivity contribution in [3.8, 4) is 5.75 Å². The van der Waals surface area contributed by atoms with Gasteiger partial charge < -0.3 is 15.4 Å². The van der Waals surface area contributed by atoms with Gasteiger partial charge in [0.25, 0.3) is 5.91 Å². The van der Waals surface area contributed by atoms with E-state index in [4.69, 9.17) is 10.5 Å². The maximum atomic E-state index is 12.8. The molecule has 0 bridgehead atoms. The molecule has 2 aromatic rings. The van der Waals surface area contributed by atoms with Gasteiger partial charge in [0.2, 0.25) is 0 Å². The maximum absolute atomic E-state index is 12.8. The van der Waals surface area contributed by atoms with E-state index in [0.29, 0.717) is 30.6 Å². The zero-order chi connectivity index (χ0) is 17.6. The van der Waals surface area contributed by atoms with Gasteiger partial charge in [-0.1, -0.05) is 43.3 Å². The molecule has 2 aromatic carbocycles. The third-order valence-electron chi connectivity index (χ3n) is 5.03. The van der Waals surface area contributed by atoms with Crippen LogP contribution in [0.2, 0.25) is 0 Å². The number of carbonyl (C=O) groups excluding carboxylic acids is 1. The fourth-order valence-corrected chi connectivity index (χ4v) is 3.28. The molecule has 0 saturated carbocycles. The number of nitrogens with two attached hydrogens (primary N) is 1. The highest BCUT2D eigenvalue weighted by atomic mass is 16.5. The van der Waals surface area contributed by atoms with Crippen molar-refractivity contribution in [2.75, 3.05) is 19.6 Å². The summed E-state index contributed by atoms with van der Waals surface area (Å²) in [7, 11) is 0. The maximum Gasteiger partial charge on any atom is 0.253 e. The molecule has 1 aliphatic rings. The SMILES string of the molecule is CC1CCN(C(=O)c2cccc(OCc3ccccc3)c2)CC1CN. The van der Waals surface area contributed by atoms with Crippen molar-refractivity contribution in [1.82, 2.24) is 4.90 Å². The van der Waals surface area contributed by atoms with Crippen molar-refractivity contribution >= 4 is 5.91 Å². The van der Waals surface area contributed by atoms with Gasteiger partial charge in [-0.15, -0.1) is 0 Å². The first kappa shape index (κ1) is 17.5. The second-order valence-electron chi connectivity index (χ2n) is 6.82. The summed E-state index contributed by atoms with van der Waals surface area (Å²) in [5.41, 5.74) is 7.64. The van der Waals surface area contributed by atoms with Crippen molar-refractivity contribution in [1.29, 1.82) is 0 Å². The predicted octanol–water partition coefficient (Wildman–Crippen LogP) is 3.32. The molecule has 1 heterocycles. The lowest BCUT2D eigenvalue weighted by atomic mass is 9.87. The molecule has 1 fully saturated rings. The molecule has 1 saturated heterocycles. The Morgan fingerprint density at radius 3 is 2.76 bits per heavy atom. The molecule has 0 aromatic heterocycles. The van der Waals surface area contributed by atoms with E-state index in [-0.39, 0.29) is 5.91 Å². The number of carbonyl (C=O) groups is 1. The highest BCUT2D eigenvalue weighted by Gasteiger charge is 2.28. The molecule has 4 nitrogen and oxygen atoms in total. The van der Waals surface area contributed by atoms with Gasteiger partial charge in [-0.25, -0.2) is 0 Å². The van der Waals surface area contributed by atoms with Crippen molar-refractivity contribution in [3.05, 3.63) is 65.7 Å². The molecule has 132 valence electrons. The van der Waals surface area contributed by atoms with Crippen LogP contribution in [0, 0.1) is 11.8 Å². The van der Waals surface area contributed by atoms with Gasteiger partial charge in [-0.3, -0.25) is 4.79 Å². The summed E-state index contributed by atoms with van der Waals surface area (Å²) < 4.78 is 5.84. The summed E-state index contributed by atoms with van der Waals surface area (Å²) >= 11 is 0. The van der Waals surface area contributed by atoms with Crippen molar-refractivity contribution in [3.63, 3.8) is 0 Å². The Morgan fingerprint density at radius 2 is 2.00 bits per heavy atom. The van der Waals surface area contributed by atoms with Gasteiger partial charge in [-0.2, -0.15) is 0 Å². The van der Waals surface area contributed by atoms with E-state index in [1.165, 1.54) is 0 Å². The highest BCUT2D eigenvalue weighted by molar-refractivity contribution is 5.94. The minimum atomic E-state index is 0.0653. The number of amides is 1. The number of ether oxygens (including phenoxy) is 1. The van der Waals surface area contributed by atoms with E-state index in [1.807, 2.05) is 59.5 Å². The Kier molecular flexibility index (Phi) is 5.71. The zero-order valence-electron chi connectivity index (χ0n) is 14.7. The molecule has 0 radical (unpaired) electrons. The lowest BCUT2D eigenvalue weighted by molar-refractivity contribution is 0.0618. The van der Waals surface area contributed by atoms with E-state index < -0.39 is 0 Å². The zero-order valence-corrected chi connectivity index (χ0v) is 14.7. The molecule has 0 spiro atoms. The van der Waals surface area contributed by atoms with Crippen LogP contribution in [0.1, 0.15) is 29.3 Å². The van der Waals surface area contributed by atoms with Crippen LogP contribution >= 0.6 is 0 Å². The number of piperidine rings is 1. The van der Waals surface area contributed by atoms with E-state index in [1.54, 1.807) is 0 Å². The summed E-state index contributed by atoms with van der Waals surface area (Å²) in [5.74, 6) is 1.75. The topological polar surface area (TPSA) is 55.6 Å². The molecular formula is C21H26N2O2. The summed E-state index contributed by atoms with van der Waals surface area (Å²) in [6, 6.07) is 17.5. The normalized spacial score (nSPS) is 20.3. The van der Waals surface area contributed by atoms with Crippen molar-refractivity contribution in [2.45, 2.75) is 20.0 Å². The average molecular weight is 338 g/mol. The van der Waals surface area contributed by atoms with Gasteiger partial charge >= 0.3 is 0 Å². The minimum Gasteiger partial charge on any atom is -0.489 e. The number of nitrogens with zero attached hydrogens (tertiary/aromatic N) is 1. The number of hydrogen-bond acceptors (Lipinski definition) is 3. The first-order valence-electron chi connectivity index (χ1n) is 8.93. The standard InChI is InChI=1S/C21H26N2O2/c1-16-10-11-23(14-19(16)13-22)21(24)18-8-5-9-20(12-18)25-15-17-6-3-2-4-7-17/h2-9,12,16,19H,10-11,13-15,22H2,1H3. The Labute approximate surface area is 149 Å². The summed E-state index contributed by atoms with van der Waals surface area (Å²) in [4.78, 5) is 14.7. The molecular weight excluding hydrogens is 312 g/mol. The van der Waals surface area contributed by atoms with E-state index >= 15 is 0 Å². The first-order chi connectivity index (χ1) is 12.2. The quantitative estimate of drug-likeness (QED) is 0.910. The Balaban J connectivity index is 1.65. The summed E-state index contributed by atoms with van der Waals surface area (Å²) in [6.45, 7) is 4.88. The fraction of sp³-hybridized carbons (Fsp3) is 0.381. The Bertz CT molecular complexity index is 702. The summed E-state index contributed by atoms with van der Waals surface area (Å²) in [6.07, 6.45) is 1.01. The number of likely N-dealkylation sites (tertiary alicyclic amines) is 1. The first-order valence-corrected chi connectivity index (χ1v) is 8.93. The van der Waals surface area contributed by atoms with Crippen LogP contribution in [0.5, 0.6) is 5.75 Å². The number of rotatable bonds is 5. The van der Waals surface area contributed by atoms with Crippen molar-refractivity contribution in [2.24, 2.45) is 17.6 Å². The van der Waals surface area contributed by atoms with Gasteiger partial charge in [0.1, 0.15) is 12.4 Å². The number of hydrogen-bond donors (Lipinski definition) is 1. The van der Waals surface area contributed by atoms with Gasteiger partial charge in [0.05, 0.1) is 0 Å². The molecule has 3 rings (SSSR count). The van der Waals surface area contributed by atoms with Crippen LogP contribution in [0.25, 0.3) is 0 Å². The van der Waals surface area contributed by atoms with E-state index in [9.17, 15) is 4.79 Å².